The maximum absolute atomic E-state index is 11.7. The van der Waals surface area contributed by atoms with Crippen molar-refractivity contribution in [2.24, 2.45) is 0 Å². The molecule has 2 rings (SSSR count). The topological polar surface area (TPSA) is 26.3 Å². The molecule has 2 nitrogen and oxygen atoms in total. The molecule has 1 aromatic rings. The van der Waals surface area contributed by atoms with E-state index in [-0.39, 0.29) is 12.1 Å². The summed E-state index contributed by atoms with van der Waals surface area (Å²) in [5.41, 5.74) is 2.93. The van der Waals surface area contributed by atoms with Gasteiger partial charge in [0.2, 0.25) is 0 Å². The minimum Gasteiger partial charge on any atom is -0.459 e. The Hall–Kier alpha value is -1.57. The first-order valence-electron chi connectivity index (χ1n) is 5.18. The Bertz CT molecular complexity index is 416. The van der Waals surface area contributed by atoms with Crippen molar-refractivity contribution in [1.82, 2.24) is 0 Å². The fourth-order valence-corrected chi connectivity index (χ4v) is 1.75. The number of esters is 1. The monoisotopic (exact) mass is 202 g/mol. The molecule has 0 radical (unpaired) electrons. The molecule has 15 heavy (non-hydrogen) atoms. The summed E-state index contributed by atoms with van der Waals surface area (Å²) in [7, 11) is 0. The number of fused-ring (bicyclic) bond motifs is 1. The van der Waals surface area contributed by atoms with E-state index < -0.39 is 0 Å². The Kier molecular flexibility index (Phi) is 2.58. The zero-order valence-electron chi connectivity index (χ0n) is 8.99. The van der Waals surface area contributed by atoms with Crippen molar-refractivity contribution in [3.8, 4) is 0 Å². The van der Waals surface area contributed by atoms with Crippen LogP contribution in [-0.4, -0.2) is 12.1 Å². The Morgan fingerprint density at radius 3 is 2.80 bits per heavy atom. The van der Waals surface area contributed by atoms with E-state index >= 15 is 0 Å². The molecule has 0 amide bonds. The van der Waals surface area contributed by atoms with E-state index in [4.69, 9.17) is 4.74 Å². The summed E-state index contributed by atoms with van der Waals surface area (Å²) >= 11 is 0. The van der Waals surface area contributed by atoms with Gasteiger partial charge in [-0.15, -0.1) is 0 Å². The molecule has 0 spiro atoms. The molecule has 0 unspecified atom stereocenters. The summed E-state index contributed by atoms with van der Waals surface area (Å²) in [5.74, 6) is -0.213. The van der Waals surface area contributed by atoms with Crippen LogP contribution in [0.15, 0.2) is 30.3 Å². The van der Waals surface area contributed by atoms with Gasteiger partial charge in [0.1, 0.15) is 0 Å². The number of benzene rings is 1. The lowest BCUT2D eigenvalue weighted by molar-refractivity contribution is -0.140. The Morgan fingerprint density at radius 1 is 1.33 bits per heavy atom. The summed E-state index contributed by atoms with van der Waals surface area (Å²) in [4.78, 5) is 11.7. The fraction of sp³-hybridized carbons (Fsp3) is 0.308. The van der Waals surface area contributed by atoms with Crippen LogP contribution in [-0.2, 0) is 16.0 Å². The highest BCUT2D eigenvalue weighted by Gasteiger charge is 2.21. The van der Waals surface area contributed by atoms with Crippen LogP contribution in [0.1, 0.15) is 25.0 Å². The van der Waals surface area contributed by atoms with E-state index in [0.29, 0.717) is 5.57 Å². The van der Waals surface area contributed by atoms with Crippen molar-refractivity contribution >= 4 is 11.5 Å². The van der Waals surface area contributed by atoms with Gasteiger partial charge in [-0.05, 0) is 31.4 Å². The van der Waals surface area contributed by atoms with Crippen LogP contribution in [0.2, 0.25) is 0 Å². The average Bonchev–Trinajstić information content (AvgIpc) is 2.59. The first-order chi connectivity index (χ1) is 7.18. The van der Waals surface area contributed by atoms with Gasteiger partial charge in [-0.3, -0.25) is 0 Å². The number of carbonyl (C=O) groups is 1. The van der Waals surface area contributed by atoms with Crippen molar-refractivity contribution in [1.29, 1.82) is 0 Å². The van der Waals surface area contributed by atoms with Gasteiger partial charge in [0.15, 0.2) is 0 Å². The molecule has 0 bridgehead atoms. The van der Waals surface area contributed by atoms with Crippen LogP contribution < -0.4 is 0 Å². The molecule has 0 heterocycles. The van der Waals surface area contributed by atoms with Crippen molar-refractivity contribution in [2.45, 2.75) is 26.4 Å². The van der Waals surface area contributed by atoms with Crippen LogP contribution >= 0.6 is 0 Å². The van der Waals surface area contributed by atoms with Gasteiger partial charge in [-0.25, -0.2) is 4.79 Å². The van der Waals surface area contributed by atoms with Crippen molar-refractivity contribution in [3.63, 3.8) is 0 Å². The Morgan fingerprint density at radius 2 is 2.07 bits per heavy atom. The lowest BCUT2D eigenvalue weighted by Crippen LogP contribution is -2.12. The highest BCUT2D eigenvalue weighted by Crippen LogP contribution is 2.28. The highest BCUT2D eigenvalue weighted by molar-refractivity contribution is 6.18. The Labute approximate surface area is 89.6 Å². The number of carbonyl (C=O) groups excluding carboxylic acids is 1. The molecule has 0 fully saturated rings. The second kappa shape index (κ2) is 3.89. The van der Waals surface area contributed by atoms with E-state index in [9.17, 15) is 4.79 Å². The molecule has 2 heteroatoms. The van der Waals surface area contributed by atoms with E-state index in [1.165, 1.54) is 5.56 Å². The molecule has 0 saturated heterocycles. The van der Waals surface area contributed by atoms with Crippen LogP contribution in [0, 0.1) is 0 Å². The normalized spacial score (nSPS) is 13.7. The van der Waals surface area contributed by atoms with E-state index in [0.717, 1.165) is 12.0 Å². The smallest absolute Gasteiger partial charge is 0.338 e. The van der Waals surface area contributed by atoms with Crippen molar-refractivity contribution in [2.75, 3.05) is 0 Å². The van der Waals surface area contributed by atoms with Gasteiger partial charge in [0.25, 0.3) is 0 Å². The number of allylic oxidation sites excluding steroid dienone is 1. The fourth-order valence-electron chi connectivity index (χ4n) is 1.75. The number of ether oxygens (including phenoxy) is 1. The minimum absolute atomic E-state index is 0.0637. The summed E-state index contributed by atoms with van der Waals surface area (Å²) in [6.07, 6.45) is 2.71. The maximum Gasteiger partial charge on any atom is 0.338 e. The molecule has 78 valence electrons. The molecule has 1 aromatic carbocycles. The molecule has 0 saturated carbocycles. The quantitative estimate of drug-likeness (QED) is 0.689. The standard InChI is InChI=1S/C13H14O2/c1-9(2)15-13(14)12-8-7-10-5-3-4-6-11(10)12/h3-6,8-9H,7H2,1-2H3. The molecule has 0 aliphatic heterocycles. The van der Waals surface area contributed by atoms with Crippen LogP contribution in [0.5, 0.6) is 0 Å². The lowest BCUT2D eigenvalue weighted by Gasteiger charge is -2.09. The third kappa shape index (κ3) is 1.94. The zero-order valence-corrected chi connectivity index (χ0v) is 8.99. The van der Waals surface area contributed by atoms with Crippen LogP contribution in [0.4, 0.5) is 0 Å². The third-order valence-corrected chi connectivity index (χ3v) is 2.40. The first-order valence-corrected chi connectivity index (χ1v) is 5.18. The summed E-state index contributed by atoms with van der Waals surface area (Å²) in [6.45, 7) is 3.72. The molecule has 1 aliphatic carbocycles. The number of hydrogen-bond donors (Lipinski definition) is 0. The summed E-state index contributed by atoms with van der Waals surface area (Å²) < 4.78 is 5.18. The summed E-state index contributed by atoms with van der Waals surface area (Å²) in [6, 6.07) is 7.95. The molecule has 0 atom stereocenters. The van der Waals surface area contributed by atoms with Gasteiger partial charge < -0.3 is 4.74 Å². The minimum atomic E-state index is -0.213. The SMILES string of the molecule is CC(C)OC(=O)C1=CCc2ccccc21. The van der Waals surface area contributed by atoms with E-state index in [1.807, 2.05) is 44.2 Å². The third-order valence-electron chi connectivity index (χ3n) is 2.40. The molecular weight excluding hydrogens is 188 g/mol. The van der Waals surface area contributed by atoms with Crippen LogP contribution in [0.25, 0.3) is 5.57 Å². The number of hydrogen-bond acceptors (Lipinski definition) is 2. The largest absolute Gasteiger partial charge is 0.459 e. The second-order valence-electron chi connectivity index (χ2n) is 3.93. The van der Waals surface area contributed by atoms with Gasteiger partial charge >= 0.3 is 5.97 Å². The molecule has 0 aromatic heterocycles. The maximum atomic E-state index is 11.7. The van der Waals surface area contributed by atoms with Crippen LogP contribution in [0.3, 0.4) is 0 Å². The molecular formula is C13H14O2. The van der Waals surface area contributed by atoms with E-state index in [2.05, 4.69) is 0 Å². The zero-order chi connectivity index (χ0) is 10.8. The Balaban J connectivity index is 2.23. The number of rotatable bonds is 2. The first kappa shape index (κ1) is 9.97. The van der Waals surface area contributed by atoms with Gasteiger partial charge in [0.05, 0.1) is 11.7 Å². The molecule has 1 aliphatic rings. The van der Waals surface area contributed by atoms with Crippen molar-refractivity contribution < 1.29 is 9.53 Å². The highest BCUT2D eigenvalue weighted by atomic mass is 16.5. The average molecular weight is 202 g/mol. The van der Waals surface area contributed by atoms with Gasteiger partial charge in [-0.2, -0.15) is 0 Å². The predicted molar refractivity (Wildman–Crippen MR) is 59.4 cm³/mol. The van der Waals surface area contributed by atoms with Crippen molar-refractivity contribution in [3.05, 3.63) is 41.5 Å². The van der Waals surface area contributed by atoms with Gasteiger partial charge in [-0.1, -0.05) is 30.3 Å². The second-order valence-corrected chi connectivity index (χ2v) is 3.93. The van der Waals surface area contributed by atoms with Gasteiger partial charge in [0, 0.05) is 0 Å². The molecule has 0 N–H and O–H groups in total. The lowest BCUT2D eigenvalue weighted by atomic mass is 10.1. The predicted octanol–water partition coefficient (Wildman–Crippen LogP) is 2.58. The van der Waals surface area contributed by atoms with E-state index in [1.54, 1.807) is 0 Å². The summed E-state index contributed by atoms with van der Waals surface area (Å²) in [5, 5.41) is 0.